The minimum Gasteiger partial charge on any atom is -0.496 e. The first-order valence-electron chi connectivity index (χ1n) is 8.69. The van der Waals surface area contributed by atoms with Crippen LogP contribution in [-0.4, -0.2) is 73.1 Å². The van der Waals surface area contributed by atoms with Crippen molar-refractivity contribution in [3.05, 3.63) is 29.8 Å². The van der Waals surface area contributed by atoms with Gasteiger partial charge in [-0.25, -0.2) is 0 Å². The second-order valence-corrected chi connectivity index (χ2v) is 7.55. The second-order valence-electron chi connectivity index (χ2n) is 6.40. The molecule has 3 rings (SSSR count). The van der Waals surface area contributed by atoms with Crippen molar-refractivity contribution < 1.29 is 9.53 Å². The molecule has 5 nitrogen and oxygen atoms in total. The largest absolute Gasteiger partial charge is 0.496 e. The number of carbonyl (C=O) groups is 1. The van der Waals surface area contributed by atoms with Crippen LogP contribution in [0.1, 0.15) is 12.0 Å². The molecule has 2 saturated heterocycles. The number of thioether (sulfide) groups is 1. The lowest BCUT2D eigenvalue weighted by molar-refractivity contribution is -0.133. The van der Waals surface area contributed by atoms with Crippen molar-refractivity contribution in [3.63, 3.8) is 0 Å². The first-order valence-corrected chi connectivity index (χ1v) is 9.85. The predicted octanol–water partition coefficient (Wildman–Crippen LogP) is 2.28. The fourth-order valence-electron chi connectivity index (χ4n) is 3.32. The Labute approximate surface area is 173 Å². The maximum atomic E-state index is 12.5. The van der Waals surface area contributed by atoms with Crippen LogP contribution in [0, 0.1) is 0 Å². The molecule has 1 aromatic carbocycles. The van der Waals surface area contributed by atoms with Crippen LogP contribution >= 0.6 is 36.6 Å². The van der Waals surface area contributed by atoms with Crippen molar-refractivity contribution in [2.24, 2.45) is 0 Å². The van der Waals surface area contributed by atoms with Gasteiger partial charge in [-0.3, -0.25) is 9.69 Å². The Kier molecular flexibility index (Phi) is 10.7. The van der Waals surface area contributed by atoms with E-state index in [4.69, 9.17) is 4.74 Å². The molecule has 1 amide bonds. The van der Waals surface area contributed by atoms with Crippen molar-refractivity contribution in [1.29, 1.82) is 0 Å². The van der Waals surface area contributed by atoms with Gasteiger partial charge in [0, 0.05) is 68.8 Å². The van der Waals surface area contributed by atoms with E-state index in [1.165, 1.54) is 5.56 Å². The number of hydrogen-bond acceptors (Lipinski definition) is 5. The van der Waals surface area contributed by atoms with Gasteiger partial charge in [-0.15, -0.1) is 24.8 Å². The smallest absolute Gasteiger partial charge is 0.224 e. The van der Waals surface area contributed by atoms with Crippen LogP contribution in [0.3, 0.4) is 0 Å². The summed E-state index contributed by atoms with van der Waals surface area (Å²) in [6.07, 6.45) is 0.638. The average Bonchev–Trinajstić information content (AvgIpc) is 2.63. The maximum absolute atomic E-state index is 12.5. The van der Waals surface area contributed by atoms with E-state index in [0.29, 0.717) is 18.4 Å². The summed E-state index contributed by atoms with van der Waals surface area (Å²) < 4.78 is 5.43. The van der Waals surface area contributed by atoms with E-state index in [-0.39, 0.29) is 24.8 Å². The van der Waals surface area contributed by atoms with Gasteiger partial charge in [-0.1, -0.05) is 18.2 Å². The highest BCUT2D eigenvalue weighted by atomic mass is 35.5. The number of piperazine rings is 1. The summed E-state index contributed by atoms with van der Waals surface area (Å²) in [5, 5.41) is 3.45. The molecule has 1 atom stereocenters. The Morgan fingerprint density at radius 3 is 2.62 bits per heavy atom. The first-order chi connectivity index (χ1) is 11.8. The number of amides is 1. The number of hydrogen-bond donors (Lipinski definition) is 1. The van der Waals surface area contributed by atoms with Crippen LogP contribution in [0.2, 0.25) is 0 Å². The van der Waals surface area contributed by atoms with Gasteiger partial charge in [0.15, 0.2) is 0 Å². The average molecular weight is 422 g/mol. The van der Waals surface area contributed by atoms with Crippen LogP contribution < -0.4 is 10.1 Å². The van der Waals surface area contributed by atoms with Gasteiger partial charge in [0.1, 0.15) is 5.75 Å². The van der Waals surface area contributed by atoms with Gasteiger partial charge in [-0.05, 0) is 6.07 Å². The standard InChI is InChI=1S/C18H27N3O2S.2ClH/c1-23-17-5-3-2-4-15(17)13-20-7-9-21(10-8-20)18(22)12-16-14-24-11-6-19-16;;/h2-5,16,19H,6-14H2,1H3;2*1H. The van der Waals surface area contributed by atoms with Crippen molar-refractivity contribution in [2.45, 2.75) is 19.0 Å². The summed E-state index contributed by atoms with van der Waals surface area (Å²) in [4.78, 5) is 16.9. The lowest BCUT2D eigenvalue weighted by Crippen LogP contribution is -2.50. The molecule has 26 heavy (non-hydrogen) atoms. The third-order valence-electron chi connectivity index (χ3n) is 4.73. The fraction of sp³-hybridized carbons (Fsp3) is 0.611. The van der Waals surface area contributed by atoms with E-state index >= 15 is 0 Å². The summed E-state index contributed by atoms with van der Waals surface area (Å²) in [5.74, 6) is 3.45. The molecule has 0 aliphatic carbocycles. The highest BCUT2D eigenvalue weighted by Crippen LogP contribution is 2.20. The SMILES string of the molecule is COc1ccccc1CN1CCN(C(=O)CC2CSCCN2)CC1.Cl.Cl. The number of methoxy groups -OCH3 is 1. The lowest BCUT2D eigenvalue weighted by Gasteiger charge is -2.36. The molecule has 2 heterocycles. The highest BCUT2D eigenvalue weighted by Gasteiger charge is 2.24. The molecule has 1 aromatic rings. The maximum Gasteiger partial charge on any atom is 0.224 e. The third-order valence-corrected chi connectivity index (χ3v) is 5.86. The number of carbonyl (C=O) groups excluding carboxylic acids is 1. The monoisotopic (exact) mass is 421 g/mol. The minimum atomic E-state index is 0. The quantitative estimate of drug-likeness (QED) is 0.789. The molecule has 148 valence electrons. The van der Waals surface area contributed by atoms with Gasteiger partial charge in [0.05, 0.1) is 7.11 Å². The molecule has 0 spiro atoms. The van der Waals surface area contributed by atoms with E-state index < -0.39 is 0 Å². The summed E-state index contributed by atoms with van der Waals surface area (Å²) in [6.45, 7) is 5.41. The molecule has 2 fully saturated rings. The zero-order valence-electron chi connectivity index (χ0n) is 15.2. The van der Waals surface area contributed by atoms with Gasteiger partial charge < -0.3 is 15.0 Å². The molecule has 0 saturated carbocycles. The van der Waals surface area contributed by atoms with Gasteiger partial charge >= 0.3 is 0 Å². The van der Waals surface area contributed by atoms with Crippen LogP contribution in [0.5, 0.6) is 5.75 Å². The van der Waals surface area contributed by atoms with Crippen molar-refractivity contribution in [2.75, 3.05) is 51.3 Å². The number of nitrogens with one attached hydrogen (secondary N) is 1. The number of ether oxygens (including phenoxy) is 1. The molecule has 1 unspecified atom stereocenters. The number of rotatable bonds is 5. The molecular weight excluding hydrogens is 393 g/mol. The Hall–Kier alpha value is -0.660. The Morgan fingerprint density at radius 1 is 1.23 bits per heavy atom. The van der Waals surface area contributed by atoms with Gasteiger partial charge in [-0.2, -0.15) is 11.8 Å². The zero-order valence-corrected chi connectivity index (χ0v) is 17.6. The molecule has 1 N–H and O–H groups in total. The van der Waals surface area contributed by atoms with E-state index in [1.807, 2.05) is 34.9 Å². The van der Waals surface area contributed by atoms with Crippen LogP contribution in [-0.2, 0) is 11.3 Å². The molecule has 0 bridgehead atoms. The summed E-state index contributed by atoms with van der Waals surface area (Å²) in [5.41, 5.74) is 1.21. The zero-order chi connectivity index (χ0) is 16.8. The number of nitrogens with zero attached hydrogens (tertiary/aromatic N) is 2. The normalized spacial score (nSPS) is 20.7. The molecule has 0 aromatic heterocycles. The molecule has 8 heteroatoms. The van der Waals surface area contributed by atoms with Gasteiger partial charge in [0.2, 0.25) is 5.91 Å². The highest BCUT2D eigenvalue weighted by molar-refractivity contribution is 7.99. The summed E-state index contributed by atoms with van der Waals surface area (Å²) in [7, 11) is 1.72. The Morgan fingerprint density at radius 2 is 1.96 bits per heavy atom. The van der Waals surface area contributed by atoms with Crippen molar-refractivity contribution in [3.8, 4) is 5.75 Å². The first kappa shape index (κ1) is 23.4. The van der Waals surface area contributed by atoms with Crippen molar-refractivity contribution in [1.82, 2.24) is 15.1 Å². The lowest BCUT2D eigenvalue weighted by atomic mass is 10.1. The molecular formula is C18H29Cl2N3O2S. The molecule has 2 aliphatic rings. The molecule has 2 aliphatic heterocycles. The third kappa shape index (κ3) is 6.50. The topological polar surface area (TPSA) is 44.8 Å². The van der Waals surface area contributed by atoms with Crippen LogP contribution in [0.15, 0.2) is 24.3 Å². The van der Waals surface area contributed by atoms with E-state index in [9.17, 15) is 4.79 Å². The van der Waals surface area contributed by atoms with Crippen LogP contribution in [0.25, 0.3) is 0 Å². The second kappa shape index (κ2) is 11.9. The Bertz CT molecular complexity index is 551. The number of halogens is 2. The van der Waals surface area contributed by atoms with Gasteiger partial charge in [0.25, 0.3) is 0 Å². The Balaban J connectivity index is 0.00000169. The van der Waals surface area contributed by atoms with E-state index in [2.05, 4.69) is 16.3 Å². The predicted molar refractivity (Wildman–Crippen MR) is 113 cm³/mol. The van der Waals surface area contributed by atoms with E-state index in [0.717, 1.165) is 56.5 Å². The van der Waals surface area contributed by atoms with Crippen LogP contribution in [0.4, 0.5) is 0 Å². The number of para-hydroxylation sites is 1. The fourth-order valence-corrected chi connectivity index (χ4v) is 4.27. The minimum absolute atomic E-state index is 0. The molecule has 0 radical (unpaired) electrons. The van der Waals surface area contributed by atoms with Crippen molar-refractivity contribution >= 4 is 42.5 Å². The van der Waals surface area contributed by atoms with E-state index in [1.54, 1.807) is 7.11 Å². The summed E-state index contributed by atoms with van der Waals surface area (Å²) in [6, 6.07) is 8.51. The summed E-state index contributed by atoms with van der Waals surface area (Å²) >= 11 is 1.94. The number of benzene rings is 1.